The van der Waals surface area contributed by atoms with Crippen molar-refractivity contribution < 1.29 is 9.59 Å². The molecular weight excluding hydrogens is 424 g/mol. The molecule has 0 spiro atoms. The minimum Gasteiger partial charge on any atom is -0.353 e. The summed E-state index contributed by atoms with van der Waals surface area (Å²) in [5.41, 5.74) is 3.35. The number of thioether (sulfide) groups is 1. The molecule has 1 atom stereocenters. The smallest absolute Gasteiger partial charge is 0.173 e. The number of nitriles is 1. The Morgan fingerprint density at radius 1 is 1.31 bits per heavy atom. The highest BCUT2D eigenvalue weighted by atomic mass is 35.5. The number of rotatable bonds is 6. The molecule has 0 saturated carbocycles. The molecule has 1 aliphatic heterocycles. The quantitative estimate of drug-likeness (QED) is 0.588. The van der Waals surface area contributed by atoms with Gasteiger partial charge in [-0.05, 0) is 49.9 Å². The number of ketones is 2. The van der Waals surface area contributed by atoms with Crippen molar-refractivity contribution in [2.45, 2.75) is 26.7 Å². The molecule has 1 aromatic heterocycles. The summed E-state index contributed by atoms with van der Waals surface area (Å²) in [6, 6.07) is 11.1. The summed E-state index contributed by atoms with van der Waals surface area (Å²) in [5, 5.41) is 16.2. The number of carbonyl (C=O) groups is 2. The maximum absolute atomic E-state index is 12.6. The second-order valence-corrected chi connectivity index (χ2v) is 9.07. The van der Waals surface area contributed by atoms with E-state index in [4.69, 9.17) is 11.6 Å². The second kappa shape index (κ2) is 9.00. The summed E-state index contributed by atoms with van der Waals surface area (Å²) in [5.74, 6) is -0.402. The molecule has 3 rings (SSSR count). The first kappa shape index (κ1) is 21.4. The van der Waals surface area contributed by atoms with E-state index in [1.54, 1.807) is 24.3 Å². The largest absolute Gasteiger partial charge is 0.353 e. The number of hydrogen-bond donors (Lipinski definition) is 1. The van der Waals surface area contributed by atoms with Gasteiger partial charge in [-0.2, -0.15) is 5.26 Å². The number of benzene rings is 1. The highest BCUT2D eigenvalue weighted by Crippen LogP contribution is 2.43. The number of Topliss-reactive ketones (excluding diaryl/α,β-unsaturated/α-hetero) is 2. The fraction of sp³-hybridized carbons (Fsp3) is 0.227. The van der Waals surface area contributed by atoms with E-state index in [2.05, 4.69) is 11.4 Å². The number of halogens is 1. The van der Waals surface area contributed by atoms with Crippen LogP contribution in [-0.2, 0) is 4.79 Å². The Bertz CT molecular complexity index is 1090. The Hall–Kier alpha value is -2.33. The van der Waals surface area contributed by atoms with Crippen LogP contribution >= 0.6 is 34.7 Å². The SMILES string of the molecule is CC(=O)C1=C(C)NC(SCC(=O)c2cccc(Cl)c2)=C(C#N)[C@H]1c1sccc1C. The Kier molecular flexibility index (Phi) is 6.63. The normalized spacial score (nSPS) is 16.4. The van der Waals surface area contributed by atoms with Crippen LogP contribution in [0.3, 0.4) is 0 Å². The van der Waals surface area contributed by atoms with Crippen LogP contribution in [-0.4, -0.2) is 17.3 Å². The minimum absolute atomic E-state index is 0.0698. The maximum Gasteiger partial charge on any atom is 0.173 e. The highest BCUT2D eigenvalue weighted by molar-refractivity contribution is 8.03. The van der Waals surface area contributed by atoms with Crippen molar-refractivity contribution in [2.75, 3.05) is 5.75 Å². The molecule has 1 aliphatic rings. The van der Waals surface area contributed by atoms with Gasteiger partial charge in [0.1, 0.15) is 0 Å². The Morgan fingerprint density at radius 3 is 2.66 bits per heavy atom. The van der Waals surface area contributed by atoms with Crippen molar-refractivity contribution in [1.82, 2.24) is 5.32 Å². The third-order valence-corrected chi connectivity index (χ3v) is 7.02. The van der Waals surface area contributed by atoms with Gasteiger partial charge in [0.15, 0.2) is 11.6 Å². The number of hydrogen-bond acceptors (Lipinski definition) is 6. The molecule has 0 aliphatic carbocycles. The summed E-state index contributed by atoms with van der Waals surface area (Å²) in [6.45, 7) is 5.33. The molecule has 148 valence electrons. The molecule has 7 heteroatoms. The average molecular weight is 443 g/mol. The number of allylic oxidation sites excluding steroid dienone is 3. The second-order valence-electron chi connectivity index (χ2n) is 6.70. The fourth-order valence-electron chi connectivity index (χ4n) is 3.32. The van der Waals surface area contributed by atoms with Crippen molar-refractivity contribution in [1.29, 1.82) is 5.26 Å². The van der Waals surface area contributed by atoms with Crippen LogP contribution in [0.5, 0.6) is 0 Å². The van der Waals surface area contributed by atoms with Crippen LogP contribution in [0, 0.1) is 18.3 Å². The molecule has 2 aromatic rings. The Morgan fingerprint density at radius 2 is 2.07 bits per heavy atom. The molecular formula is C22H19ClN2O2S2. The van der Waals surface area contributed by atoms with E-state index in [9.17, 15) is 14.9 Å². The Balaban J connectivity index is 1.95. The van der Waals surface area contributed by atoms with E-state index in [-0.39, 0.29) is 17.3 Å². The van der Waals surface area contributed by atoms with Crippen molar-refractivity contribution >= 4 is 46.3 Å². The van der Waals surface area contributed by atoms with Gasteiger partial charge in [0, 0.05) is 26.7 Å². The number of aryl methyl sites for hydroxylation is 1. The van der Waals surface area contributed by atoms with E-state index in [1.165, 1.54) is 30.0 Å². The zero-order valence-electron chi connectivity index (χ0n) is 16.2. The molecule has 0 bridgehead atoms. The Labute approximate surface area is 183 Å². The van der Waals surface area contributed by atoms with Crippen LogP contribution in [0.4, 0.5) is 0 Å². The highest BCUT2D eigenvalue weighted by Gasteiger charge is 2.34. The van der Waals surface area contributed by atoms with Gasteiger partial charge in [0.05, 0.1) is 28.3 Å². The predicted octanol–water partition coefficient (Wildman–Crippen LogP) is 5.61. The van der Waals surface area contributed by atoms with Crippen molar-refractivity contribution in [3.05, 3.63) is 78.6 Å². The van der Waals surface area contributed by atoms with Gasteiger partial charge < -0.3 is 5.32 Å². The van der Waals surface area contributed by atoms with Gasteiger partial charge >= 0.3 is 0 Å². The van der Waals surface area contributed by atoms with E-state index in [1.807, 2.05) is 25.3 Å². The lowest BCUT2D eigenvalue weighted by atomic mass is 9.84. The summed E-state index contributed by atoms with van der Waals surface area (Å²) in [6.07, 6.45) is 0. The molecule has 1 N–H and O–H groups in total. The third kappa shape index (κ3) is 4.48. The summed E-state index contributed by atoms with van der Waals surface area (Å²) in [7, 11) is 0. The zero-order valence-corrected chi connectivity index (χ0v) is 18.6. The first-order valence-electron chi connectivity index (χ1n) is 8.92. The predicted molar refractivity (Wildman–Crippen MR) is 119 cm³/mol. The molecule has 29 heavy (non-hydrogen) atoms. The van der Waals surface area contributed by atoms with Gasteiger partial charge in [-0.15, -0.1) is 11.3 Å². The van der Waals surface area contributed by atoms with E-state index < -0.39 is 5.92 Å². The molecule has 0 radical (unpaired) electrons. The number of dihydropyridines is 1. The lowest BCUT2D eigenvalue weighted by Gasteiger charge is -2.29. The van der Waals surface area contributed by atoms with Gasteiger partial charge in [-0.1, -0.05) is 35.5 Å². The van der Waals surface area contributed by atoms with Gasteiger partial charge in [0.2, 0.25) is 0 Å². The lowest BCUT2D eigenvalue weighted by molar-refractivity contribution is -0.113. The minimum atomic E-state index is -0.414. The number of nitrogens with one attached hydrogen (secondary N) is 1. The van der Waals surface area contributed by atoms with Crippen LogP contribution in [0.2, 0.25) is 5.02 Å². The van der Waals surface area contributed by atoms with Crippen LogP contribution in [0.15, 0.2) is 57.6 Å². The number of thiophene rings is 1. The van der Waals surface area contributed by atoms with Crippen LogP contribution < -0.4 is 5.32 Å². The summed E-state index contributed by atoms with van der Waals surface area (Å²) < 4.78 is 0. The topological polar surface area (TPSA) is 70.0 Å². The van der Waals surface area contributed by atoms with Gasteiger partial charge in [-0.25, -0.2) is 0 Å². The monoisotopic (exact) mass is 442 g/mol. The maximum atomic E-state index is 12.6. The zero-order chi connectivity index (χ0) is 21.1. The third-order valence-electron chi connectivity index (χ3n) is 4.68. The molecule has 0 saturated heterocycles. The van der Waals surface area contributed by atoms with Crippen molar-refractivity contribution in [3.63, 3.8) is 0 Å². The first-order chi connectivity index (χ1) is 13.8. The molecule has 0 fully saturated rings. The molecule has 4 nitrogen and oxygen atoms in total. The lowest BCUT2D eigenvalue weighted by Crippen LogP contribution is -2.27. The number of nitrogens with zero attached hydrogens (tertiary/aromatic N) is 1. The van der Waals surface area contributed by atoms with Gasteiger partial charge in [-0.3, -0.25) is 9.59 Å². The van der Waals surface area contributed by atoms with E-state index in [0.29, 0.717) is 32.5 Å². The molecule has 0 unspecified atom stereocenters. The van der Waals surface area contributed by atoms with Crippen molar-refractivity contribution in [2.24, 2.45) is 0 Å². The summed E-state index contributed by atoms with van der Waals surface area (Å²) >= 11 is 8.79. The first-order valence-corrected chi connectivity index (χ1v) is 11.2. The molecule has 2 heterocycles. The summed E-state index contributed by atoms with van der Waals surface area (Å²) in [4.78, 5) is 25.9. The van der Waals surface area contributed by atoms with Crippen LogP contribution in [0.25, 0.3) is 0 Å². The number of carbonyl (C=O) groups excluding carboxylic acids is 2. The fourth-order valence-corrected chi connectivity index (χ4v) is 5.54. The molecule has 1 aromatic carbocycles. The van der Waals surface area contributed by atoms with Crippen molar-refractivity contribution in [3.8, 4) is 6.07 Å². The van der Waals surface area contributed by atoms with Gasteiger partial charge in [0.25, 0.3) is 0 Å². The molecule has 0 amide bonds. The van der Waals surface area contributed by atoms with E-state index >= 15 is 0 Å². The standard InChI is InChI=1S/C22H19ClN2O2S2/c1-12-7-8-28-21(12)20-17(10-24)22(25-13(2)19(20)14(3)26)29-11-18(27)15-5-4-6-16(23)9-15/h4-9,20,25H,11H2,1-3H3/t20-/m1/s1. The van der Waals surface area contributed by atoms with E-state index in [0.717, 1.165) is 10.4 Å². The average Bonchev–Trinajstić information content (AvgIpc) is 3.10. The van der Waals surface area contributed by atoms with Crippen LogP contribution in [0.1, 0.15) is 40.6 Å².